The molecule has 2 rings (SSSR count). The maximum absolute atomic E-state index is 13.5. The van der Waals surface area contributed by atoms with Crippen molar-refractivity contribution in [2.75, 3.05) is 16.3 Å². The minimum absolute atomic E-state index is 0.345. The van der Waals surface area contributed by atoms with Crippen molar-refractivity contribution in [3.63, 3.8) is 0 Å². The molecule has 0 fully saturated rings. The molecule has 0 spiro atoms. The number of nitrogens with one attached hydrogen (secondary N) is 1. The number of anilines is 2. The highest BCUT2D eigenvalue weighted by Crippen LogP contribution is 2.46. The second-order valence-corrected chi connectivity index (χ2v) is 4.55. The predicted octanol–water partition coefficient (Wildman–Crippen LogP) is 2.75. The van der Waals surface area contributed by atoms with Crippen LogP contribution in [0.15, 0.2) is 6.07 Å². The average Bonchev–Trinajstić information content (AvgIpc) is 2.62. The molecule has 3 nitrogen and oxygen atoms in total. The predicted molar refractivity (Wildman–Crippen MR) is 63.5 cm³/mol. The number of hydrogen-bond donors (Lipinski definition) is 2. The van der Waals surface area contributed by atoms with Crippen molar-refractivity contribution in [3.8, 4) is 0 Å². The molecule has 0 saturated carbocycles. The van der Waals surface area contributed by atoms with Crippen molar-refractivity contribution in [2.24, 2.45) is 5.84 Å². The Labute approximate surface area is 96.9 Å². The van der Waals surface area contributed by atoms with Gasteiger partial charge in [0.25, 0.3) is 0 Å². The Hall–Kier alpha value is -0.650. The minimum atomic E-state index is -0.403. The van der Waals surface area contributed by atoms with Gasteiger partial charge in [0.1, 0.15) is 5.82 Å². The summed E-state index contributed by atoms with van der Waals surface area (Å²) in [7, 11) is 0. The van der Waals surface area contributed by atoms with Gasteiger partial charge in [0.15, 0.2) is 0 Å². The molecule has 82 valence electrons. The summed E-state index contributed by atoms with van der Waals surface area (Å²) in [4.78, 5) is 0. The van der Waals surface area contributed by atoms with E-state index in [0.29, 0.717) is 16.5 Å². The molecule has 0 bridgehead atoms. The Morgan fingerprint density at radius 1 is 1.73 bits per heavy atom. The maximum atomic E-state index is 13.5. The minimum Gasteiger partial charge on any atom is -0.321 e. The van der Waals surface area contributed by atoms with Gasteiger partial charge in [-0.05, 0) is 24.9 Å². The van der Waals surface area contributed by atoms with E-state index in [1.807, 2.05) is 11.2 Å². The lowest BCUT2D eigenvalue weighted by Gasteiger charge is -2.17. The van der Waals surface area contributed by atoms with Crippen LogP contribution in [0.1, 0.15) is 12.5 Å². The third kappa shape index (κ3) is 1.64. The monoisotopic (exact) mass is 247 g/mol. The largest absolute Gasteiger partial charge is 0.321 e. The van der Waals surface area contributed by atoms with Gasteiger partial charge in [-0.3, -0.25) is 5.84 Å². The van der Waals surface area contributed by atoms with Crippen molar-refractivity contribution in [2.45, 2.75) is 12.7 Å². The topological polar surface area (TPSA) is 41.3 Å². The first-order valence-corrected chi connectivity index (χ1v) is 5.89. The Morgan fingerprint density at radius 3 is 3.07 bits per heavy atom. The molecule has 1 aromatic rings. The van der Waals surface area contributed by atoms with E-state index < -0.39 is 5.82 Å². The summed E-state index contributed by atoms with van der Waals surface area (Å²) in [5.41, 5.74) is 4.45. The first kappa shape index (κ1) is 10.9. The summed E-state index contributed by atoms with van der Waals surface area (Å²) >= 11 is 7.62. The van der Waals surface area contributed by atoms with Crippen LogP contribution in [0.2, 0.25) is 5.02 Å². The molecule has 0 aliphatic carbocycles. The fourth-order valence-corrected chi connectivity index (χ4v) is 3.13. The highest BCUT2D eigenvalue weighted by molar-refractivity contribution is 8.00. The van der Waals surface area contributed by atoms with E-state index in [4.69, 9.17) is 17.4 Å². The van der Waals surface area contributed by atoms with Crippen LogP contribution in [-0.4, -0.2) is 6.54 Å². The van der Waals surface area contributed by atoms with Gasteiger partial charge in [0.2, 0.25) is 0 Å². The lowest BCUT2D eigenvalue weighted by Crippen LogP contribution is -2.13. The van der Waals surface area contributed by atoms with Crippen LogP contribution in [0.5, 0.6) is 0 Å². The normalized spacial score (nSPS) is 14.3. The molecular weight excluding hydrogens is 237 g/mol. The number of fused-ring (bicyclic) bond motifs is 1. The molecular formula is C9H11ClFN3S. The fraction of sp³-hybridized carbons (Fsp3) is 0.333. The van der Waals surface area contributed by atoms with Crippen LogP contribution < -0.4 is 15.6 Å². The number of hydrazine groups is 1. The van der Waals surface area contributed by atoms with E-state index in [-0.39, 0.29) is 0 Å². The summed E-state index contributed by atoms with van der Waals surface area (Å²) in [6, 6.07) is 1.30. The van der Waals surface area contributed by atoms with E-state index in [9.17, 15) is 4.39 Å². The first-order chi connectivity index (χ1) is 7.19. The maximum Gasteiger partial charge on any atom is 0.149 e. The molecule has 3 N–H and O–H groups in total. The summed E-state index contributed by atoms with van der Waals surface area (Å²) in [6.07, 6.45) is 0. The molecule has 15 heavy (non-hydrogen) atoms. The van der Waals surface area contributed by atoms with Crippen LogP contribution in [0.25, 0.3) is 0 Å². The van der Waals surface area contributed by atoms with Gasteiger partial charge < -0.3 is 9.73 Å². The molecule has 0 aromatic heterocycles. The van der Waals surface area contributed by atoms with E-state index in [1.54, 1.807) is 11.9 Å². The second kappa shape index (κ2) is 4.08. The highest BCUT2D eigenvalue weighted by Gasteiger charge is 2.26. The zero-order valence-corrected chi connectivity index (χ0v) is 9.75. The third-order valence-electron chi connectivity index (χ3n) is 2.35. The molecule has 0 atom stereocenters. The SMILES string of the molecule is CCN1SCc2c(NN)c(F)cc(Cl)c21. The van der Waals surface area contributed by atoms with Gasteiger partial charge in [-0.15, -0.1) is 0 Å². The second-order valence-electron chi connectivity index (χ2n) is 3.15. The number of nitrogen functional groups attached to an aromatic ring is 1. The Balaban J connectivity index is 2.60. The van der Waals surface area contributed by atoms with Gasteiger partial charge in [-0.1, -0.05) is 11.6 Å². The van der Waals surface area contributed by atoms with Crippen LogP contribution in [0, 0.1) is 5.82 Å². The molecule has 1 heterocycles. The molecule has 0 saturated heterocycles. The van der Waals surface area contributed by atoms with Gasteiger partial charge >= 0.3 is 0 Å². The molecule has 1 aromatic carbocycles. The van der Waals surface area contributed by atoms with Gasteiger partial charge in [-0.2, -0.15) is 0 Å². The third-order valence-corrected chi connectivity index (χ3v) is 3.81. The Bertz CT molecular complexity index is 399. The van der Waals surface area contributed by atoms with Crippen LogP contribution >= 0.6 is 23.5 Å². The molecule has 0 unspecified atom stereocenters. The number of rotatable bonds is 2. The van der Waals surface area contributed by atoms with Crippen LogP contribution in [0.3, 0.4) is 0 Å². The molecule has 0 radical (unpaired) electrons. The zero-order chi connectivity index (χ0) is 11.0. The van der Waals surface area contributed by atoms with Crippen LogP contribution in [0.4, 0.5) is 15.8 Å². The lowest BCUT2D eigenvalue weighted by molar-refractivity contribution is 0.629. The summed E-state index contributed by atoms with van der Waals surface area (Å²) in [6.45, 7) is 2.85. The lowest BCUT2D eigenvalue weighted by atomic mass is 10.1. The smallest absolute Gasteiger partial charge is 0.149 e. The van der Waals surface area contributed by atoms with Gasteiger partial charge in [-0.25, -0.2) is 4.39 Å². The number of benzene rings is 1. The Morgan fingerprint density at radius 2 is 2.47 bits per heavy atom. The first-order valence-electron chi connectivity index (χ1n) is 4.57. The van der Waals surface area contributed by atoms with Gasteiger partial charge in [0.05, 0.1) is 16.4 Å². The van der Waals surface area contributed by atoms with E-state index in [0.717, 1.165) is 17.8 Å². The van der Waals surface area contributed by atoms with E-state index in [2.05, 4.69) is 5.43 Å². The van der Waals surface area contributed by atoms with Crippen molar-refractivity contribution in [1.29, 1.82) is 0 Å². The van der Waals surface area contributed by atoms with Crippen molar-refractivity contribution < 1.29 is 4.39 Å². The van der Waals surface area contributed by atoms with E-state index in [1.165, 1.54) is 6.07 Å². The van der Waals surface area contributed by atoms with Gasteiger partial charge in [0, 0.05) is 17.9 Å². The van der Waals surface area contributed by atoms with Crippen molar-refractivity contribution in [3.05, 3.63) is 22.5 Å². The highest BCUT2D eigenvalue weighted by atomic mass is 35.5. The molecule has 6 heteroatoms. The average molecular weight is 248 g/mol. The Kier molecular flexibility index (Phi) is 2.95. The van der Waals surface area contributed by atoms with Crippen molar-refractivity contribution in [1.82, 2.24) is 0 Å². The number of hydrogen-bond acceptors (Lipinski definition) is 4. The standard InChI is InChI=1S/C9H11ClFN3S/c1-2-14-9-5(4-15-14)8(13-12)7(11)3-6(9)10/h3,13H,2,4,12H2,1H3. The zero-order valence-electron chi connectivity index (χ0n) is 8.18. The molecule has 0 amide bonds. The quantitative estimate of drug-likeness (QED) is 0.479. The number of nitrogens with two attached hydrogens (primary N) is 1. The number of halogens is 2. The fourth-order valence-electron chi connectivity index (χ4n) is 1.68. The number of nitrogens with zero attached hydrogens (tertiary/aromatic N) is 1. The summed E-state index contributed by atoms with van der Waals surface area (Å²) in [5, 5.41) is 0.438. The van der Waals surface area contributed by atoms with Crippen molar-refractivity contribution >= 4 is 34.9 Å². The summed E-state index contributed by atoms with van der Waals surface area (Å²) in [5.74, 6) is 5.59. The van der Waals surface area contributed by atoms with Crippen LogP contribution in [-0.2, 0) is 5.75 Å². The molecule has 1 aliphatic rings. The molecule has 1 aliphatic heterocycles. The van der Waals surface area contributed by atoms with E-state index >= 15 is 0 Å². The summed E-state index contributed by atoms with van der Waals surface area (Å²) < 4.78 is 15.5.